The Balaban J connectivity index is 2.40. The van der Waals surface area contributed by atoms with Crippen LogP contribution in [0, 0.1) is 13.8 Å². The number of nitrogens with zero attached hydrogens (tertiary/aromatic N) is 2. The molecule has 1 heterocycles. The zero-order valence-electron chi connectivity index (χ0n) is 10.4. The summed E-state index contributed by atoms with van der Waals surface area (Å²) in [5, 5.41) is 0.615. The Morgan fingerprint density at radius 3 is 2.59 bits per heavy atom. The number of thiocarbonyl (C=S) groups is 1. The summed E-state index contributed by atoms with van der Waals surface area (Å²) in [6.07, 6.45) is 0. The number of carbonyl (C=O) groups is 1. The quantitative estimate of drug-likeness (QED) is 0.750. The van der Waals surface area contributed by atoms with E-state index < -0.39 is 0 Å². The molecule has 0 aliphatic carbocycles. The van der Waals surface area contributed by atoms with E-state index in [0.29, 0.717) is 11.7 Å². The third kappa shape index (κ3) is 2.05. The summed E-state index contributed by atoms with van der Waals surface area (Å²) in [6, 6.07) is 6.04. The first-order valence-electron chi connectivity index (χ1n) is 5.73. The average Bonchev–Trinajstić information content (AvgIpc) is 2.55. The van der Waals surface area contributed by atoms with E-state index in [-0.39, 0.29) is 5.91 Å². The maximum absolute atomic E-state index is 12.0. The molecule has 3 nitrogen and oxygen atoms in total. The summed E-state index contributed by atoms with van der Waals surface area (Å²) < 4.78 is 0. The molecule has 0 spiro atoms. The Morgan fingerprint density at radius 2 is 2.06 bits per heavy atom. The maximum atomic E-state index is 12.0. The first-order valence-corrected chi connectivity index (χ1v) is 6.14. The molecule has 2 rings (SSSR count). The largest absolute Gasteiger partial charge is 0.339 e. The molecule has 0 bridgehead atoms. The summed E-state index contributed by atoms with van der Waals surface area (Å²) in [5.41, 5.74) is 3.18. The van der Waals surface area contributed by atoms with Crippen molar-refractivity contribution in [1.82, 2.24) is 4.90 Å². The predicted molar refractivity (Wildman–Crippen MR) is 73.2 cm³/mol. The number of hydrogen-bond donors (Lipinski definition) is 0. The van der Waals surface area contributed by atoms with E-state index in [2.05, 4.69) is 6.07 Å². The normalized spacial score (nSPS) is 15.9. The molecule has 1 aliphatic rings. The highest BCUT2D eigenvalue weighted by atomic mass is 32.1. The highest BCUT2D eigenvalue weighted by molar-refractivity contribution is 7.80. The van der Waals surface area contributed by atoms with E-state index in [1.54, 1.807) is 4.90 Å². The Kier molecular flexibility index (Phi) is 3.15. The molecule has 1 aromatic rings. The van der Waals surface area contributed by atoms with Crippen LogP contribution < -0.4 is 4.90 Å². The van der Waals surface area contributed by atoms with Gasteiger partial charge < -0.3 is 4.90 Å². The van der Waals surface area contributed by atoms with Gasteiger partial charge >= 0.3 is 0 Å². The fraction of sp³-hybridized carbons (Fsp3) is 0.385. The van der Waals surface area contributed by atoms with Gasteiger partial charge in [0, 0.05) is 6.54 Å². The lowest BCUT2D eigenvalue weighted by atomic mass is 10.1. The average molecular weight is 248 g/mol. The van der Waals surface area contributed by atoms with Gasteiger partial charge in [0.25, 0.3) is 5.91 Å². The van der Waals surface area contributed by atoms with Crippen LogP contribution in [0.2, 0.25) is 0 Å². The molecule has 1 saturated heterocycles. The Morgan fingerprint density at radius 1 is 1.35 bits per heavy atom. The molecule has 0 atom stereocenters. The number of carbonyl (C=O) groups excluding carboxylic acids is 1. The molecular weight excluding hydrogens is 232 g/mol. The molecule has 17 heavy (non-hydrogen) atoms. The molecule has 0 N–H and O–H groups in total. The topological polar surface area (TPSA) is 23.6 Å². The van der Waals surface area contributed by atoms with E-state index in [9.17, 15) is 4.79 Å². The fourth-order valence-corrected chi connectivity index (χ4v) is 2.48. The minimum atomic E-state index is 0.0591. The van der Waals surface area contributed by atoms with Gasteiger partial charge in [-0.1, -0.05) is 17.7 Å². The van der Waals surface area contributed by atoms with Crippen molar-refractivity contribution in [2.45, 2.75) is 20.8 Å². The van der Waals surface area contributed by atoms with Crippen LogP contribution in [0.5, 0.6) is 0 Å². The first kappa shape index (κ1) is 12.0. The molecule has 1 amide bonds. The van der Waals surface area contributed by atoms with Gasteiger partial charge in [0.05, 0.1) is 12.2 Å². The molecule has 90 valence electrons. The van der Waals surface area contributed by atoms with Gasteiger partial charge in [0.15, 0.2) is 5.11 Å². The minimum absolute atomic E-state index is 0.0591. The van der Waals surface area contributed by atoms with E-state index in [1.165, 1.54) is 5.56 Å². The molecule has 1 aliphatic heterocycles. The van der Waals surface area contributed by atoms with Crippen LogP contribution in [0.25, 0.3) is 0 Å². The Labute approximate surface area is 107 Å². The Bertz CT molecular complexity index is 484. The van der Waals surface area contributed by atoms with Crippen molar-refractivity contribution < 1.29 is 4.79 Å². The van der Waals surface area contributed by atoms with Crippen molar-refractivity contribution >= 4 is 28.9 Å². The van der Waals surface area contributed by atoms with E-state index in [1.807, 2.05) is 37.8 Å². The second-order valence-corrected chi connectivity index (χ2v) is 4.68. The first-order chi connectivity index (χ1) is 8.04. The van der Waals surface area contributed by atoms with Crippen LogP contribution >= 0.6 is 12.2 Å². The van der Waals surface area contributed by atoms with Gasteiger partial charge in [-0.2, -0.15) is 0 Å². The Hall–Kier alpha value is -1.42. The van der Waals surface area contributed by atoms with Crippen molar-refractivity contribution in [1.29, 1.82) is 0 Å². The SMILES string of the molecule is CCN1CC(=O)N(c2ccc(C)cc2C)C1=S. The van der Waals surface area contributed by atoms with E-state index in [0.717, 1.165) is 17.8 Å². The van der Waals surface area contributed by atoms with Crippen LogP contribution in [0.4, 0.5) is 5.69 Å². The standard InChI is InChI=1S/C13H16N2OS/c1-4-14-8-12(16)15(13(14)17)11-6-5-9(2)7-10(11)3/h5-7H,4,8H2,1-3H3. The molecule has 0 saturated carbocycles. The fourth-order valence-electron chi connectivity index (χ4n) is 2.09. The third-order valence-electron chi connectivity index (χ3n) is 3.01. The van der Waals surface area contributed by atoms with Gasteiger partial charge in [0.1, 0.15) is 0 Å². The van der Waals surface area contributed by atoms with Crippen molar-refractivity contribution in [2.75, 3.05) is 18.0 Å². The highest BCUT2D eigenvalue weighted by Gasteiger charge is 2.33. The van der Waals surface area contributed by atoms with Crippen molar-refractivity contribution in [3.63, 3.8) is 0 Å². The summed E-state index contributed by atoms with van der Waals surface area (Å²) in [4.78, 5) is 15.5. The molecular formula is C13H16N2OS. The van der Waals surface area contributed by atoms with Gasteiger partial charge in [-0.15, -0.1) is 0 Å². The van der Waals surface area contributed by atoms with E-state index >= 15 is 0 Å². The highest BCUT2D eigenvalue weighted by Crippen LogP contribution is 2.25. The number of rotatable bonds is 2. The lowest BCUT2D eigenvalue weighted by Crippen LogP contribution is -2.33. The number of likely N-dealkylation sites (N-methyl/N-ethyl adjacent to an activating group) is 1. The summed E-state index contributed by atoms with van der Waals surface area (Å²) in [7, 11) is 0. The summed E-state index contributed by atoms with van der Waals surface area (Å²) in [5.74, 6) is 0.0591. The van der Waals surface area contributed by atoms with Gasteiger partial charge in [-0.25, -0.2) is 0 Å². The lowest BCUT2D eigenvalue weighted by molar-refractivity contribution is -0.116. The van der Waals surface area contributed by atoms with Crippen LogP contribution in [0.15, 0.2) is 18.2 Å². The molecule has 0 unspecified atom stereocenters. The van der Waals surface area contributed by atoms with Crippen LogP contribution in [-0.2, 0) is 4.79 Å². The predicted octanol–water partition coefficient (Wildman–Crippen LogP) is 2.26. The third-order valence-corrected chi connectivity index (χ3v) is 3.45. The molecule has 1 fully saturated rings. The number of amides is 1. The molecule has 4 heteroatoms. The second kappa shape index (κ2) is 4.45. The van der Waals surface area contributed by atoms with Crippen molar-refractivity contribution in [3.05, 3.63) is 29.3 Å². The number of anilines is 1. The van der Waals surface area contributed by atoms with Gasteiger partial charge in [-0.3, -0.25) is 9.69 Å². The van der Waals surface area contributed by atoms with Gasteiger partial charge in [0.2, 0.25) is 0 Å². The number of aryl methyl sites for hydroxylation is 2. The molecule has 1 aromatic carbocycles. The minimum Gasteiger partial charge on any atom is -0.339 e. The zero-order chi connectivity index (χ0) is 12.6. The maximum Gasteiger partial charge on any atom is 0.252 e. The van der Waals surface area contributed by atoms with Crippen LogP contribution in [-0.4, -0.2) is 29.0 Å². The smallest absolute Gasteiger partial charge is 0.252 e. The zero-order valence-corrected chi connectivity index (χ0v) is 11.2. The number of benzene rings is 1. The van der Waals surface area contributed by atoms with Crippen molar-refractivity contribution in [3.8, 4) is 0 Å². The lowest BCUT2D eigenvalue weighted by Gasteiger charge is -2.20. The second-order valence-electron chi connectivity index (χ2n) is 4.32. The van der Waals surface area contributed by atoms with E-state index in [4.69, 9.17) is 12.2 Å². The number of hydrogen-bond acceptors (Lipinski definition) is 2. The van der Waals surface area contributed by atoms with Gasteiger partial charge in [-0.05, 0) is 44.6 Å². The monoisotopic (exact) mass is 248 g/mol. The van der Waals surface area contributed by atoms with Crippen LogP contribution in [0.1, 0.15) is 18.1 Å². The summed E-state index contributed by atoms with van der Waals surface area (Å²) in [6.45, 7) is 7.21. The van der Waals surface area contributed by atoms with Crippen molar-refractivity contribution in [2.24, 2.45) is 0 Å². The summed E-state index contributed by atoms with van der Waals surface area (Å²) >= 11 is 5.34. The molecule has 0 radical (unpaired) electrons. The molecule has 0 aromatic heterocycles. The van der Waals surface area contributed by atoms with Crippen LogP contribution in [0.3, 0.4) is 0 Å².